The number of carbonyl (C=O) groups excluding carboxylic acids is 1. The van der Waals surface area contributed by atoms with Gasteiger partial charge in [-0.15, -0.1) is 0 Å². The monoisotopic (exact) mass is 421 g/mol. The van der Waals surface area contributed by atoms with Crippen molar-refractivity contribution in [2.45, 2.75) is 37.5 Å². The predicted octanol–water partition coefficient (Wildman–Crippen LogP) is 4.86. The number of sulfonamides is 1. The number of carbonyl (C=O) groups is 1. The lowest BCUT2D eigenvalue weighted by atomic mass is 10.2. The summed E-state index contributed by atoms with van der Waals surface area (Å²) in [7, 11) is -3.72. The maximum absolute atomic E-state index is 12.6. The van der Waals surface area contributed by atoms with Crippen molar-refractivity contribution in [3.8, 4) is 0 Å². The predicted molar refractivity (Wildman–Crippen MR) is 112 cm³/mol. The van der Waals surface area contributed by atoms with Crippen LogP contribution < -0.4 is 10.0 Å². The van der Waals surface area contributed by atoms with Crippen molar-refractivity contribution >= 4 is 39.0 Å². The van der Waals surface area contributed by atoms with Crippen LogP contribution in [0.4, 0.5) is 16.2 Å². The molecule has 6 nitrogen and oxygen atoms in total. The standard InChI is InChI=1S/C20H24ClN3O3S/c1-15-14-16(21)6-11-19(15)28(26,27)23-18-9-7-17(8-10-18)22-20(25)24-12-4-2-3-5-13-24/h6-11,14,23H,2-5,12-13H2,1H3,(H,22,25). The molecule has 1 aliphatic rings. The maximum atomic E-state index is 12.6. The fourth-order valence-electron chi connectivity index (χ4n) is 3.22. The fraction of sp³-hybridized carbons (Fsp3) is 0.350. The van der Waals surface area contributed by atoms with E-state index in [9.17, 15) is 13.2 Å². The number of anilines is 2. The Kier molecular flexibility index (Phi) is 6.46. The van der Waals surface area contributed by atoms with Crippen LogP contribution in [0.2, 0.25) is 5.02 Å². The number of hydrogen-bond acceptors (Lipinski definition) is 3. The first-order valence-electron chi connectivity index (χ1n) is 9.30. The van der Waals surface area contributed by atoms with E-state index in [1.165, 1.54) is 6.07 Å². The smallest absolute Gasteiger partial charge is 0.321 e. The van der Waals surface area contributed by atoms with Gasteiger partial charge in [-0.2, -0.15) is 0 Å². The number of hydrogen-bond donors (Lipinski definition) is 2. The van der Waals surface area contributed by atoms with Gasteiger partial charge in [-0.3, -0.25) is 4.72 Å². The maximum Gasteiger partial charge on any atom is 0.321 e. The average Bonchev–Trinajstić information content (AvgIpc) is 2.92. The number of nitrogens with zero attached hydrogens (tertiary/aromatic N) is 1. The highest BCUT2D eigenvalue weighted by molar-refractivity contribution is 7.92. The zero-order chi connectivity index (χ0) is 20.1. The highest BCUT2D eigenvalue weighted by Crippen LogP contribution is 2.23. The summed E-state index contributed by atoms with van der Waals surface area (Å²) in [5.41, 5.74) is 1.61. The summed E-state index contributed by atoms with van der Waals surface area (Å²) in [5.74, 6) is 0. The Morgan fingerprint density at radius 1 is 0.964 bits per heavy atom. The lowest BCUT2D eigenvalue weighted by Gasteiger charge is -2.20. The van der Waals surface area contributed by atoms with Gasteiger partial charge in [-0.1, -0.05) is 24.4 Å². The summed E-state index contributed by atoms with van der Waals surface area (Å²) in [6.45, 7) is 3.23. The van der Waals surface area contributed by atoms with E-state index < -0.39 is 10.0 Å². The topological polar surface area (TPSA) is 78.5 Å². The third-order valence-electron chi connectivity index (χ3n) is 4.71. The van der Waals surface area contributed by atoms with E-state index in [-0.39, 0.29) is 10.9 Å². The van der Waals surface area contributed by atoms with Crippen LogP contribution in [0, 0.1) is 6.92 Å². The first-order chi connectivity index (χ1) is 13.3. The molecule has 2 amide bonds. The van der Waals surface area contributed by atoms with E-state index in [0.717, 1.165) is 38.8 Å². The first kappa shape index (κ1) is 20.5. The molecule has 0 atom stereocenters. The van der Waals surface area contributed by atoms with Gasteiger partial charge in [0.1, 0.15) is 0 Å². The Bertz CT molecular complexity index is 938. The molecular formula is C20H24ClN3O3S. The Morgan fingerprint density at radius 3 is 2.18 bits per heavy atom. The Morgan fingerprint density at radius 2 is 1.57 bits per heavy atom. The summed E-state index contributed by atoms with van der Waals surface area (Å²) in [6.07, 6.45) is 4.37. The number of aryl methyl sites for hydroxylation is 1. The highest BCUT2D eigenvalue weighted by Gasteiger charge is 2.18. The van der Waals surface area contributed by atoms with Crippen molar-refractivity contribution in [3.63, 3.8) is 0 Å². The second kappa shape index (κ2) is 8.84. The molecule has 2 aromatic carbocycles. The largest absolute Gasteiger partial charge is 0.325 e. The van der Waals surface area contributed by atoms with E-state index in [4.69, 9.17) is 11.6 Å². The molecule has 0 radical (unpaired) electrons. The van der Waals surface area contributed by atoms with Crippen molar-refractivity contribution in [2.75, 3.05) is 23.1 Å². The van der Waals surface area contributed by atoms with Crippen molar-refractivity contribution in [3.05, 3.63) is 53.1 Å². The zero-order valence-corrected chi connectivity index (χ0v) is 17.3. The van der Waals surface area contributed by atoms with Gasteiger partial charge in [0.05, 0.1) is 4.90 Å². The third-order valence-corrected chi connectivity index (χ3v) is 6.48. The number of urea groups is 1. The Hall–Kier alpha value is -2.25. The second-order valence-electron chi connectivity index (χ2n) is 6.92. The number of likely N-dealkylation sites (tertiary alicyclic amines) is 1. The molecule has 1 fully saturated rings. The fourth-order valence-corrected chi connectivity index (χ4v) is 4.74. The van der Waals surface area contributed by atoms with Crippen molar-refractivity contribution in [1.29, 1.82) is 0 Å². The number of nitrogens with one attached hydrogen (secondary N) is 2. The van der Waals surface area contributed by atoms with Gasteiger partial charge < -0.3 is 10.2 Å². The third kappa shape index (κ3) is 5.17. The van der Waals surface area contributed by atoms with Crippen LogP contribution in [0.5, 0.6) is 0 Å². The molecule has 28 heavy (non-hydrogen) atoms. The van der Waals surface area contributed by atoms with Gasteiger partial charge in [-0.25, -0.2) is 13.2 Å². The Balaban J connectivity index is 1.66. The molecule has 2 N–H and O–H groups in total. The van der Waals surface area contributed by atoms with Gasteiger partial charge in [0.2, 0.25) is 0 Å². The SMILES string of the molecule is Cc1cc(Cl)ccc1S(=O)(=O)Nc1ccc(NC(=O)N2CCCCCC2)cc1. The van der Waals surface area contributed by atoms with Gasteiger partial charge in [0.25, 0.3) is 10.0 Å². The molecule has 1 aliphatic heterocycles. The van der Waals surface area contributed by atoms with Gasteiger partial charge >= 0.3 is 6.03 Å². The summed E-state index contributed by atoms with van der Waals surface area (Å²) >= 11 is 5.90. The van der Waals surface area contributed by atoms with E-state index in [1.807, 2.05) is 4.90 Å². The molecule has 0 aromatic heterocycles. The lowest BCUT2D eigenvalue weighted by Crippen LogP contribution is -2.35. The van der Waals surface area contributed by atoms with Gasteiger partial charge in [0.15, 0.2) is 0 Å². The molecule has 0 aliphatic carbocycles. The van der Waals surface area contributed by atoms with Gasteiger partial charge in [0, 0.05) is 29.5 Å². The minimum absolute atomic E-state index is 0.119. The van der Waals surface area contributed by atoms with Crippen LogP contribution >= 0.6 is 11.6 Å². The van der Waals surface area contributed by atoms with E-state index >= 15 is 0 Å². The summed E-state index contributed by atoms with van der Waals surface area (Å²) in [4.78, 5) is 14.4. The van der Waals surface area contributed by atoms with Crippen LogP contribution in [0.15, 0.2) is 47.4 Å². The summed E-state index contributed by atoms with van der Waals surface area (Å²) in [6, 6.07) is 11.1. The summed E-state index contributed by atoms with van der Waals surface area (Å²) < 4.78 is 27.8. The first-order valence-corrected chi connectivity index (χ1v) is 11.2. The lowest BCUT2D eigenvalue weighted by molar-refractivity contribution is 0.214. The minimum atomic E-state index is -3.72. The van der Waals surface area contributed by atoms with Gasteiger partial charge in [-0.05, 0) is 67.8 Å². The molecule has 0 saturated carbocycles. The van der Waals surface area contributed by atoms with E-state index in [2.05, 4.69) is 10.0 Å². The number of halogens is 1. The van der Waals surface area contributed by atoms with E-state index in [1.54, 1.807) is 43.3 Å². The number of benzene rings is 2. The van der Waals surface area contributed by atoms with Crippen molar-refractivity contribution in [2.24, 2.45) is 0 Å². The molecule has 1 heterocycles. The molecule has 1 saturated heterocycles. The van der Waals surface area contributed by atoms with Crippen LogP contribution in [-0.4, -0.2) is 32.4 Å². The molecule has 150 valence electrons. The molecule has 3 rings (SSSR count). The molecular weight excluding hydrogens is 398 g/mol. The van der Waals surface area contributed by atoms with Crippen LogP contribution in [0.3, 0.4) is 0 Å². The molecule has 0 bridgehead atoms. The van der Waals surface area contributed by atoms with Crippen LogP contribution in [0.1, 0.15) is 31.2 Å². The average molecular weight is 422 g/mol. The molecule has 0 unspecified atom stereocenters. The normalized spacial score (nSPS) is 15.0. The van der Waals surface area contributed by atoms with Crippen molar-refractivity contribution in [1.82, 2.24) is 4.90 Å². The Labute approximate surface area is 170 Å². The number of amides is 2. The van der Waals surface area contributed by atoms with Crippen molar-refractivity contribution < 1.29 is 13.2 Å². The van der Waals surface area contributed by atoms with Crippen LogP contribution in [0.25, 0.3) is 0 Å². The molecule has 2 aromatic rings. The number of rotatable bonds is 4. The molecule has 0 spiro atoms. The highest BCUT2D eigenvalue weighted by atomic mass is 35.5. The molecule has 8 heteroatoms. The minimum Gasteiger partial charge on any atom is -0.325 e. The quantitative estimate of drug-likeness (QED) is 0.740. The zero-order valence-electron chi connectivity index (χ0n) is 15.7. The van der Waals surface area contributed by atoms with E-state index in [0.29, 0.717) is 22.0 Å². The second-order valence-corrected chi connectivity index (χ2v) is 9.01. The van der Waals surface area contributed by atoms with Crippen LogP contribution in [-0.2, 0) is 10.0 Å². The summed E-state index contributed by atoms with van der Waals surface area (Å²) in [5, 5.41) is 3.36.